The molecule has 0 unspecified atom stereocenters. The summed E-state index contributed by atoms with van der Waals surface area (Å²) in [6.07, 6.45) is 4.88. The smallest absolute Gasteiger partial charge is 0.261 e. The number of anilines is 1. The largest absolute Gasteiger partial charge is 0.352 e. The number of nitrogens with one attached hydrogen (secondary N) is 1. The van der Waals surface area contributed by atoms with Crippen LogP contribution in [0.4, 0.5) is 5.82 Å². The van der Waals surface area contributed by atoms with Gasteiger partial charge in [0, 0.05) is 13.1 Å². The molecule has 118 valence electrons. The molecule has 4 heterocycles. The number of benzene rings is 1. The van der Waals surface area contributed by atoms with Crippen molar-refractivity contribution in [1.82, 2.24) is 29.7 Å². The predicted octanol–water partition coefficient (Wildman–Crippen LogP) is 1.12. The van der Waals surface area contributed by atoms with Crippen LogP contribution in [-0.4, -0.2) is 42.8 Å². The molecule has 3 aromatic heterocycles. The van der Waals surface area contributed by atoms with Crippen LogP contribution >= 0.6 is 0 Å². The van der Waals surface area contributed by atoms with Gasteiger partial charge in [0.1, 0.15) is 12.1 Å². The van der Waals surface area contributed by atoms with Crippen LogP contribution in [0.15, 0.2) is 47.9 Å². The van der Waals surface area contributed by atoms with Crippen LogP contribution in [0.3, 0.4) is 0 Å². The lowest BCUT2D eigenvalue weighted by molar-refractivity contribution is 0.387. The SMILES string of the molecule is O=c1c2ccccc2ncn1C1CN(c2ncnc3[nH]ncc23)C1. The Morgan fingerprint density at radius 3 is 2.88 bits per heavy atom. The highest BCUT2D eigenvalue weighted by atomic mass is 16.1. The van der Waals surface area contributed by atoms with Crippen molar-refractivity contribution in [2.45, 2.75) is 6.04 Å². The van der Waals surface area contributed by atoms with E-state index in [0.717, 1.165) is 16.7 Å². The lowest BCUT2D eigenvalue weighted by Crippen LogP contribution is -2.50. The maximum absolute atomic E-state index is 12.6. The normalized spacial score (nSPS) is 15.1. The molecule has 1 aliphatic rings. The van der Waals surface area contributed by atoms with E-state index >= 15 is 0 Å². The number of fused-ring (bicyclic) bond motifs is 2. The fourth-order valence-electron chi connectivity index (χ4n) is 3.15. The van der Waals surface area contributed by atoms with Gasteiger partial charge in [0.05, 0.1) is 34.9 Å². The molecular formula is C16H13N7O. The van der Waals surface area contributed by atoms with Gasteiger partial charge >= 0.3 is 0 Å². The zero-order valence-electron chi connectivity index (χ0n) is 12.6. The van der Waals surface area contributed by atoms with Crippen molar-refractivity contribution in [2.24, 2.45) is 0 Å². The quantitative estimate of drug-likeness (QED) is 0.595. The molecule has 0 radical (unpaired) electrons. The summed E-state index contributed by atoms with van der Waals surface area (Å²) in [6, 6.07) is 7.50. The molecule has 1 aliphatic heterocycles. The van der Waals surface area contributed by atoms with E-state index in [1.54, 1.807) is 17.1 Å². The zero-order valence-corrected chi connectivity index (χ0v) is 12.6. The van der Waals surface area contributed by atoms with Gasteiger partial charge in [-0.1, -0.05) is 12.1 Å². The number of nitrogens with zero attached hydrogens (tertiary/aromatic N) is 6. The Hall–Kier alpha value is -3.29. The van der Waals surface area contributed by atoms with Crippen molar-refractivity contribution in [3.05, 3.63) is 53.5 Å². The van der Waals surface area contributed by atoms with Crippen LogP contribution in [0.25, 0.3) is 21.9 Å². The molecule has 0 saturated carbocycles. The van der Waals surface area contributed by atoms with Crippen molar-refractivity contribution < 1.29 is 0 Å². The topological polar surface area (TPSA) is 92.6 Å². The van der Waals surface area contributed by atoms with Gasteiger partial charge in [-0.2, -0.15) is 5.10 Å². The van der Waals surface area contributed by atoms with Crippen molar-refractivity contribution in [3.63, 3.8) is 0 Å². The zero-order chi connectivity index (χ0) is 16.1. The van der Waals surface area contributed by atoms with Gasteiger partial charge in [0.2, 0.25) is 0 Å². The van der Waals surface area contributed by atoms with Gasteiger partial charge in [-0.25, -0.2) is 15.0 Å². The van der Waals surface area contributed by atoms with E-state index < -0.39 is 0 Å². The summed E-state index contributed by atoms with van der Waals surface area (Å²) in [4.78, 5) is 27.6. The van der Waals surface area contributed by atoms with E-state index in [1.807, 2.05) is 24.3 Å². The predicted molar refractivity (Wildman–Crippen MR) is 88.9 cm³/mol. The first kappa shape index (κ1) is 13.2. The van der Waals surface area contributed by atoms with Crippen LogP contribution < -0.4 is 10.5 Å². The third-order valence-corrected chi connectivity index (χ3v) is 4.47. The van der Waals surface area contributed by atoms with Crippen molar-refractivity contribution >= 4 is 27.8 Å². The number of aromatic amines is 1. The maximum atomic E-state index is 12.6. The lowest BCUT2D eigenvalue weighted by Gasteiger charge is -2.40. The molecule has 0 atom stereocenters. The summed E-state index contributed by atoms with van der Waals surface area (Å²) in [5.41, 5.74) is 1.44. The monoisotopic (exact) mass is 319 g/mol. The van der Waals surface area contributed by atoms with Crippen LogP contribution in [0.5, 0.6) is 0 Å². The molecule has 24 heavy (non-hydrogen) atoms. The number of rotatable bonds is 2. The summed E-state index contributed by atoms with van der Waals surface area (Å²) in [6.45, 7) is 1.41. The minimum absolute atomic E-state index is 0.00129. The minimum Gasteiger partial charge on any atom is -0.352 e. The molecule has 5 rings (SSSR count). The van der Waals surface area contributed by atoms with Crippen molar-refractivity contribution in [1.29, 1.82) is 0 Å². The first-order chi connectivity index (χ1) is 11.8. The third kappa shape index (κ3) is 1.82. The van der Waals surface area contributed by atoms with Gasteiger partial charge < -0.3 is 4.90 Å². The molecule has 1 aromatic carbocycles. The first-order valence-corrected chi connectivity index (χ1v) is 7.66. The number of aromatic nitrogens is 6. The molecule has 1 N–H and O–H groups in total. The number of hydrogen-bond acceptors (Lipinski definition) is 6. The van der Waals surface area contributed by atoms with Gasteiger partial charge in [0.25, 0.3) is 5.56 Å². The average molecular weight is 319 g/mol. The summed E-state index contributed by atoms with van der Waals surface area (Å²) in [5, 5.41) is 8.39. The highest BCUT2D eigenvalue weighted by Crippen LogP contribution is 2.29. The van der Waals surface area contributed by atoms with Crippen LogP contribution in [0.2, 0.25) is 0 Å². The highest BCUT2D eigenvalue weighted by Gasteiger charge is 2.31. The Bertz CT molecular complexity index is 1110. The molecule has 0 spiro atoms. The molecule has 0 aliphatic carbocycles. The Morgan fingerprint density at radius 1 is 1.08 bits per heavy atom. The molecular weight excluding hydrogens is 306 g/mol. The lowest BCUT2D eigenvalue weighted by atomic mass is 10.1. The van der Waals surface area contributed by atoms with E-state index in [1.165, 1.54) is 6.33 Å². The fraction of sp³-hybridized carbons (Fsp3) is 0.188. The maximum Gasteiger partial charge on any atom is 0.261 e. The molecule has 1 saturated heterocycles. The Kier molecular flexibility index (Phi) is 2.66. The van der Waals surface area contributed by atoms with Gasteiger partial charge in [-0.3, -0.25) is 14.5 Å². The molecule has 4 aromatic rings. The summed E-state index contributed by atoms with van der Waals surface area (Å²) in [7, 11) is 0. The summed E-state index contributed by atoms with van der Waals surface area (Å²) < 4.78 is 1.71. The average Bonchev–Trinajstić information content (AvgIpc) is 3.05. The third-order valence-electron chi connectivity index (χ3n) is 4.47. The van der Waals surface area contributed by atoms with Crippen LogP contribution in [0, 0.1) is 0 Å². The number of para-hydroxylation sites is 1. The summed E-state index contributed by atoms with van der Waals surface area (Å²) in [5.74, 6) is 0.840. The Balaban J connectivity index is 1.47. The van der Waals surface area contributed by atoms with E-state index in [-0.39, 0.29) is 11.6 Å². The molecule has 8 heteroatoms. The molecule has 1 fully saturated rings. The number of H-pyrrole nitrogens is 1. The van der Waals surface area contributed by atoms with E-state index in [9.17, 15) is 4.79 Å². The molecule has 0 amide bonds. The van der Waals surface area contributed by atoms with Crippen molar-refractivity contribution in [2.75, 3.05) is 18.0 Å². The van der Waals surface area contributed by atoms with E-state index in [0.29, 0.717) is 24.1 Å². The van der Waals surface area contributed by atoms with E-state index in [4.69, 9.17) is 0 Å². The van der Waals surface area contributed by atoms with Crippen LogP contribution in [-0.2, 0) is 0 Å². The highest BCUT2D eigenvalue weighted by molar-refractivity contribution is 5.86. The van der Waals surface area contributed by atoms with Crippen LogP contribution in [0.1, 0.15) is 6.04 Å². The Morgan fingerprint density at radius 2 is 1.96 bits per heavy atom. The summed E-state index contributed by atoms with van der Waals surface area (Å²) >= 11 is 0. The van der Waals surface area contributed by atoms with Gasteiger partial charge in [-0.05, 0) is 12.1 Å². The second-order valence-corrected chi connectivity index (χ2v) is 5.86. The first-order valence-electron chi connectivity index (χ1n) is 7.66. The van der Waals surface area contributed by atoms with E-state index in [2.05, 4.69) is 30.0 Å². The fourth-order valence-corrected chi connectivity index (χ4v) is 3.15. The molecule has 8 nitrogen and oxygen atoms in total. The minimum atomic E-state index is 0.00129. The van der Waals surface area contributed by atoms with Crippen molar-refractivity contribution in [3.8, 4) is 0 Å². The standard InChI is InChI=1S/C16H13N7O/c24-16-11-3-1-2-4-13(11)19-9-23(16)10-6-22(7-10)15-12-5-20-21-14(12)17-8-18-15/h1-5,8-10H,6-7H2,(H,17,18,20,21). The number of hydrogen-bond donors (Lipinski definition) is 1. The second-order valence-electron chi connectivity index (χ2n) is 5.86. The van der Waals surface area contributed by atoms with Gasteiger partial charge in [0.15, 0.2) is 5.65 Å². The second kappa shape index (κ2) is 4.85. The Labute approximate surface area is 135 Å². The molecule has 0 bridgehead atoms. The van der Waals surface area contributed by atoms with Gasteiger partial charge in [-0.15, -0.1) is 0 Å².